The fourth-order valence-electron chi connectivity index (χ4n) is 2.00. The van der Waals surface area contributed by atoms with E-state index in [2.05, 4.69) is 22.7 Å². The lowest BCUT2D eigenvalue weighted by molar-refractivity contribution is -0.0287. The average Bonchev–Trinajstić information content (AvgIpc) is 2.72. The number of carbonyl (C=O) groups excluding carboxylic acids is 1. The summed E-state index contributed by atoms with van der Waals surface area (Å²) < 4.78 is 1.75. The predicted octanol–water partition coefficient (Wildman–Crippen LogP) is 1.33. The second-order valence-electron chi connectivity index (χ2n) is 4.83. The van der Waals surface area contributed by atoms with Crippen LogP contribution in [0, 0.1) is 0 Å². The van der Waals surface area contributed by atoms with Crippen LogP contribution in [-0.4, -0.2) is 33.1 Å². The fraction of sp³-hybridized carbons (Fsp3) is 0.667. The molecule has 0 spiro atoms. The number of carbonyl (C=O) groups is 1. The van der Waals surface area contributed by atoms with Gasteiger partial charge in [-0.25, -0.2) is 9.48 Å². The Balaban J connectivity index is 1.81. The van der Waals surface area contributed by atoms with Crippen molar-refractivity contribution in [1.82, 2.24) is 15.1 Å². The minimum Gasteiger partial charge on any atom is -0.388 e. The summed E-state index contributed by atoms with van der Waals surface area (Å²) in [5.41, 5.74) is -0.693. The standard InChI is InChI=1S/C12H20N4O2/c1-2-8-16-10(4-7-14-16)15-11(17)13-9-12(18)5-3-6-12/h4,7,18H,2-3,5-6,8-9H2,1H3,(H2,13,15,17). The number of aliphatic hydroxyl groups is 1. The van der Waals surface area contributed by atoms with Crippen LogP contribution < -0.4 is 10.6 Å². The monoisotopic (exact) mass is 252 g/mol. The molecule has 6 nitrogen and oxygen atoms in total. The van der Waals surface area contributed by atoms with Gasteiger partial charge in [-0.05, 0) is 25.7 Å². The Morgan fingerprint density at radius 2 is 2.39 bits per heavy atom. The molecule has 0 saturated heterocycles. The largest absolute Gasteiger partial charge is 0.388 e. The Kier molecular flexibility index (Phi) is 3.86. The number of anilines is 1. The topological polar surface area (TPSA) is 79.2 Å². The summed E-state index contributed by atoms with van der Waals surface area (Å²) in [7, 11) is 0. The molecule has 0 unspecified atom stereocenters. The normalized spacial score (nSPS) is 17.0. The Labute approximate surface area is 106 Å². The molecule has 0 radical (unpaired) electrons. The highest BCUT2D eigenvalue weighted by atomic mass is 16.3. The van der Waals surface area contributed by atoms with Crippen molar-refractivity contribution in [3.63, 3.8) is 0 Å². The first kappa shape index (κ1) is 12.9. The number of urea groups is 1. The highest BCUT2D eigenvalue weighted by Gasteiger charge is 2.34. The second-order valence-corrected chi connectivity index (χ2v) is 4.83. The number of aryl methyl sites for hydroxylation is 1. The molecule has 0 aliphatic heterocycles. The third-order valence-electron chi connectivity index (χ3n) is 3.26. The molecule has 0 atom stereocenters. The zero-order valence-corrected chi connectivity index (χ0v) is 10.6. The van der Waals surface area contributed by atoms with Crippen LogP contribution in [-0.2, 0) is 6.54 Å². The molecule has 1 fully saturated rings. The maximum atomic E-state index is 11.7. The van der Waals surface area contributed by atoms with Crippen molar-refractivity contribution in [2.45, 2.75) is 44.8 Å². The molecule has 0 bridgehead atoms. The molecule has 18 heavy (non-hydrogen) atoms. The van der Waals surface area contributed by atoms with Crippen molar-refractivity contribution in [1.29, 1.82) is 0 Å². The van der Waals surface area contributed by atoms with Crippen LogP contribution in [0.1, 0.15) is 32.6 Å². The van der Waals surface area contributed by atoms with Crippen molar-refractivity contribution in [3.05, 3.63) is 12.3 Å². The first-order chi connectivity index (χ1) is 8.63. The Morgan fingerprint density at radius 3 is 3.00 bits per heavy atom. The van der Waals surface area contributed by atoms with E-state index in [9.17, 15) is 9.90 Å². The van der Waals surface area contributed by atoms with Crippen molar-refractivity contribution in [3.8, 4) is 0 Å². The lowest BCUT2D eigenvalue weighted by Crippen LogP contribution is -2.48. The van der Waals surface area contributed by atoms with Crippen molar-refractivity contribution in [2.24, 2.45) is 0 Å². The molecular weight excluding hydrogens is 232 g/mol. The van der Waals surface area contributed by atoms with Crippen LogP contribution in [0.15, 0.2) is 12.3 Å². The molecular formula is C12H20N4O2. The van der Waals surface area contributed by atoms with Gasteiger partial charge >= 0.3 is 6.03 Å². The van der Waals surface area contributed by atoms with Gasteiger partial charge in [0.05, 0.1) is 11.8 Å². The first-order valence-corrected chi connectivity index (χ1v) is 6.42. The molecule has 2 amide bonds. The molecule has 2 rings (SSSR count). The number of nitrogens with one attached hydrogen (secondary N) is 2. The molecule has 1 aliphatic carbocycles. The van der Waals surface area contributed by atoms with Crippen LogP contribution in [0.5, 0.6) is 0 Å². The van der Waals surface area contributed by atoms with E-state index < -0.39 is 5.60 Å². The smallest absolute Gasteiger partial charge is 0.320 e. The lowest BCUT2D eigenvalue weighted by Gasteiger charge is -2.36. The molecule has 3 N–H and O–H groups in total. The number of rotatable bonds is 5. The predicted molar refractivity (Wildman–Crippen MR) is 68.3 cm³/mol. The molecule has 1 aliphatic rings. The maximum absolute atomic E-state index is 11.7. The summed E-state index contributed by atoms with van der Waals surface area (Å²) in [5, 5.41) is 19.4. The third-order valence-corrected chi connectivity index (χ3v) is 3.26. The van der Waals surface area contributed by atoms with Gasteiger partial charge in [0.1, 0.15) is 5.82 Å². The van der Waals surface area contributed by atoms with Gasteiger partial charge in [0.15, 0.2) is 0 Å². The van der Waals surface area contributed by atoms with E-state index in [1.54, 1.807) is 16.9 Å². The SMILES string of the molecule is CCCn1nccc1NC(=O)NCC1(O)CCC1. The summed E-state index contributed by atoms with van der Waals surface area (Å²) in [6, 6.07) is 1.46. The molecule has 1 aromatic rings. The summed E-state index contributed by atoms with van der Waals surface area (Å²) in [6.45, 7) is 3.13. The van der Waals surface area contributed by atoms with Crippen LogP contribution >= 0.6 is 0 Å². The van der Waals surface area contributed by atoms with Gasteiger partial charge in [-0.3, -0.25) is 5.32 Å². The van der Waals surface area contributed by atoms with Crippen LogP contribution in [0.3, 0.4) is 0 Å². The zero-order valence-electron chi connectivity index (χ0n) is 10.6. The Bertz CT molecular complexity index is 412. The quantitative estimate of drug-likeness (QED) is 0.739. The van der Waals surface area contributed by atoms with E-state index in [-0.39, 0.29) is 6.03 Å². The van der Waals surface area contributed by atoms with Gasteiger partial charge in [0, 0.05) is 19.2 Å². The first-order valence-electron chi connectivity index (χ1n) is 6.42. The van der Waals surface area contributed by atoms with Gasteiger partial charge in [-0.2, -0.15) is 5.10 Å². The maximum Gasteiger partial charge on any atom is 0.320 e. The lowest BCUT2D eigenvalue weighted by atomic mass is 9.80. The summed E-state index contributed by atoms with van der Waals surface area (Å²) in [5.74, 6) is 0.676. The number of nitrogens with zero attached hydrogens (tertiary/aromatic N) is 2. The van der Waals surface area contributed by atoms with E-state index in [0.717, 1.165) is 32.2 Å². The average molecular weight is 252 g/mol. The van der Waals surface area contributed by atoms with Gasteiger partial charge < -0.3 is 10.4 Å². The van der Waals surface area contributed by atoms with Crippen molar-refractivity contribution < 1.29 is 9.90 Å². The molecule has 100 valence electrons. The van der Waals surface area contributed by atoms with E-state index >= 15 is 0 Å². The number of hydrogen-bond donors (Lipinski definition) is 3. The fourth-order valence-corrected chi connectivity index (χ4v) is 2.00. The number of hydrogen-bond acceptors (Lipinski definition) is 3. The Morgan fingerprint density at radius 1 is 1.61 bits per heavy atom. The molecule has 0 aromatic carbocycles. The van der Waals surface area contributed by atoms with Gasteiger partial charge in [0.2, 0.25) is 0 Å². The van der Waals surface area contributed by atoms with Crippen LogP contribution in [0.25, 0.3) is 0 Å². The van der Waals surface area contributed by atoms with Gasteiger partial charge in [-0.15, -0.1) is 0 Å². The molecule has 1 aromatic heterocycles. The van der Waals surface area contributed by atoms with Crippen molar-refractivity contribution in [2.75, 3.05) is 11.9 Å². The highest BCUT2D eigenvalue weighted by molar-refractivity contribution is 5.88. The second kappa shape index (κ2) is 5.39. The van der Waals surface area contributed by atoms with E-state index in [4.69, 9.17) is 0 Å². The number of amides is 2. The summed E-state index contributed by atoms with van der Waals surface area (Å²) in [4.78, 5) is 11.7. The van der Waals surface area contributed by atoms with Crippen molar-refractivity contribution >= 4 is 11.8 Å². The van der Waals surface area contributed by atoms with Crippen LogP contribution in [0.4, 0.5) is 10.6 Å². The minimum absolute atomic E-state index is 0.298. The van der Waals surface area contributed by atoms with Gasteiger partial charge in [-0.1, -0.05) is 6.92 Å². The van der Waals surface area contributed by atoms with E-state index in [1.165, 1.54) is 0 Å². The van der Waals surface area contributed by atoms with Crippen LogP contribution in [0.2, 0.25) is 0 Å². The number of aromatic nitrogens is 2. The van der Waals surface area contributed by atoms with E-state index in [0.29, 0.717) is 12.4 Å². The molecule has 6 heteroatoms. The Hall–Kier alpha value is -1.56. The van der Waals surface area contributed by atoms with Gasteiger partial charge in [0.25, 0.3) is 0 Å². The summed E-state index contributed by atoms with van der Waals surface area (Å²) in [6.07, 6.45) is 5.17. The highest BCUT2D eigenvalue weighted by Crippen LogP contribution is 2.30. The molecule has 1 heterocycles. The third kappa shape index (κ3) is 3.01. The minimum atomic E-state index is -0.693. The zero-order chi connectivity index (χ0) is 13.0. The summed E-state index contributed by atoms with van der Waals surface area (Å²) >= 11 is 0. The van der Waals surface area contributed by atoms with E-state index in [1.807, 2.05) is 0 Å². The molecule has 1 saturated carbocycles.